The molecule has 0 aliphatic carbocycles. The minimum Gasteiger partial charge on any atom is -0.372 e. The first-order valence-electron chi connectivity index (χ1n) is 8.21. The number of halogens is 1. The summed E-state index contributed by atoms with van der Waals surface area (Å²) in [4.78, 5) is 6.76. The Kier molecular flexibility index (Phi) is 4.93. The van der Waals surface area contributed by atoms with Crippen LogP contribution in [0.3, 0.4) is 0 Å². The van der Waals surface area contributed by atoms with Crippen molar-refractivity contribution in [3.05, 3.63) is 47.5 Å². The van der Waals surface area contributed by atoms with Gasteiger partial charge in [-0.25, -0.2) is 9.38 Å². The molecule has 23 heavy (non-hydrogen) atoms. The molecule has 0 bridgehead atoms. The Labute approximate surface area is 136 Å². The van der Waals surface area contributed by atoms with Crippen LogP contribution >= 0.6 is 0 Å². The summed E-state index contributed by atoms with van der Waals surface area (Å²) in [7, 11) is 0. The van der Waals surface area contributed by atoms with Gasteiger partial charge in [0.25, 0.3) is 0 Å². The van der Waals surface area contributed by atoms with Crippen molar-refractivity contribution >= 4 is 6.21 Å². The van der Waals surface area contributed by atoms with E-state index >= 15 is 0 Å². The Morgan fingerprint density at radius 2 is 2.17 bits per heavy atom. The number of hydrogen-bond donors (Lipinski definition) is 3. The molecule has 1 aromatic carbocycles. The Morgan fingerprint density at radius 1 is 1.35 bits per heavy atom. The third kappa shape index (κ3) is 4.09. The zero-order chi connectivity index (χ0) is 16.1. The van der Waals surface area contributed by atoms with Crippen molar-refractivity contribution in [2.24, 2.45) is 10.7 Å². The molecular weight excluding hydrogens is 293 g/mol. The fourth-order valence-electron chi connectivity index (χ4n) is 3.02. The zero-order valence-corrected chi connectivity index (χ0v) is 13.3. The van der Waals surface area contributed by atoms with Crippen LogP contribution in [0.25, 0.3) is 0 Å². The Hall–Kier alpha value is -1.92. The molecule has 2 aliphatic heterocycles. The molecule has 6 heteroatoms. The Balaban J connectivity index is 1.51. The average molecular weight is 317 g/mol. The lowest BCUT2D eigenvalue weighted by atomic mass is 10.1. The maximum atomic E-state index is 13.4. The second-order valence-corrected chi connectivity index (χ2v) is 6.09. The average Bonchev–Trinajstić information content (AvgIpc) is 3.05. The second-order valence-electron chi connectivity index (χ2n) is 6.09. The number of nitrogens with two attached hydrogens (primary N) is 1. The molecule has 5 nitrogen and oxygen atoms in total. The van der Waals surface area contributed by atoms with Crippen molar-refractivity contribution in [2.45, 2.75) is 25.0 Å². The first kappa shape index (κ1) is 16.0. The number of rotatable bonds is 6. The summed E-state index contributed by atoms with van der Waals surface area (Å²) in [5.74, 6) is -0.638. The van der Waals surface area contributed by atoms with Gasteiger partial charge in [-0.1, -0.05) is 12.1 Å². The summed E-state index contributed by atoms with van der Waals surface area (Å²) in [5.41, 5.74) is 6.87. The van der Waals surface area contributed by atoms with E-state index in [2.05, 4.69) is 20.5 Å². The molecule has 0 aromatic heterocycles. The van der Waals surface area contributed by atoms with E-state index in [-0.39, 0.29) is 5.82 Å². The van der Waals surface area contributed by atoms with Gasteiger partial charge in [-0.15, -0.1) is 0 Å². The molecule has 0 amide bonds. The van der Waals surface area contributed by atoms with Gasteiger partial charge >= 0.3 is 0 Å². The fraction of sp³-hybridized carbons (Fsp3) is 0.471. The smallest absolute Gasteiger partial charge is 0.210 e. The molecule has 0 spiro atoms. The highest BCUT2D eigenvalue weighted by Gasteiger charge is 2.28. The van der Waals surface area contributed by atoms with Crippen molar-refractivity contribution in [1.29, 1.82) is 0 Å². The first-order valence-corrected chi connectivity index (χ1v) is 8.21. The Morgan fingerprint density at radius 3 is 2.96 bits per heavy atom. The van der Waals surface area contributed by atoms with Crippen molar-refractivity contribution in [2.75, 3.05) is 26.2 Å². The van der Waals surface area contributed by atoms with Crippen LogP contribution in [0, 0.1) is 5.82 Å². The van der Waals surface area contributed by atoms with Crippen LogP contribution in [0.2, 0.25) is 0 Å². The lowest BCUT2D eigenvalue weighted by molar-refractivity contribution is 0.329. The van der Waals surface area contributed by atoms with Crippen LogP contribution in [0.5, 0.6) is 0 Å². The minimum absolute atomic E-state index is 0.320. The summed E-state index contributed by atoms with van der Waals surface area (Å²) in [6.45, 7) is 4.42. The van der Waals surface area contributed by atoms with Gasteiger partial charge in [0, 0.05) is 18.3 Å². The molecule has 3 rings (SSSR count). The van der Waals surface area contributed by atoms with Gasteiger partial charge in [0.1, 0.15) is 11.6 Å². The van der Waals surface area contributed by atoms with Gasteiger partial charge in [-0.05, 0) is 57.1 Å². The summed E-state index contributed by atoms with van der Waals surface area (Å²) in [6.07, 6.45) is 7.22. The fourth-order valence-corrected chi connectivity index (χ4v) is 3.02. The molecule has 1 saturated heterocycles. The minimum atomic E-state index is -1.13. The van der Waals surface area contributed by atoms with Gasteiger partial charge in [-0.2, -0.15) is 0 Å². The van der Waals surface area contributed by atoms with Gasteiger partial charge in [0.05, 0.1) is 0 Å². The number of nitrogens with zero attached hydrogens (tertiary/aromatic N) is 2. The molecule has 1 unspecified atom stereocenters. The highest BCUT2D eigenvalue weighted by atomic mass is 19.1. The second kappa shape index (κ2) is 7.10. The molecule has 1 fully saturated rings. The van der Waals surface area contributed by atoms with Gasteiger partial charge in [0.15, 0.2) is 0 Å². The topological polar surface area (TPSA) is 65.7 Å². The summed E-state index contributed by atoms with van der Waals surface area (Å²) >= 11 is 0. The lowest BCUT2D eigenvalue weighted by Gasteiger charge is -2.31. The van der Waals surface area contributed by atoms with Crippen LogP contribution in [-0.2, 0) is 5.79 Å². The lowest BCUT2D eigenvalue weighted by Crippen LogP contribution is -2.52. The van der Waals surface area contributed by atoms with E-state index in [0.29, 0.717) is 5.56 Å². The van der Waals surface area contributed by atoms with E-state index in [1.807, 2.05) is 6.08 Å². The molecule has 2 heterocycles. The predicted octanol–water partition coefficient (Wildman–Crippen LogP) is 1.49. The van der Waals surface area contributed by atoms with E-state index in [0.717, 1.165) is 25.3 Å². The summed E-state index contributed by atoms with van der Waals surface area (Å²) < 4.78 is 13.4. The molecule has 0 radical (unpaired) electrons. The zero-order valence-electron chi connectivity index (χ0n) is 13.3. The van der Waals surface area contributed by atoms with E-state index in [1.165, 1.54) is 38.1 Å². The number of aliphatic imine (C=N–C) groups is 1. The maximum absolute atomic E-state index is 13.4. The molecule has 4 N–H and O–H groups in total. The van der Waals surface area contributed by atoms with Gasteiger partial charge in [-0.3, -0.25) is 5.73 Å². The van der Waals surface area contributed by atoms with Crippen LogP contribution in [-0.4, -0.2) is 37.3 Å². The Bertz CT molecular complexity index is 594. The number of nitrogens with one attached hydrogen (secondary N) is 2. The van der Waals surface area contributed by atoms with Crippen LogP contribution < -0.4 is 16.4 Å². The van der Waals surface area contributed by atoms with Gasteiger partial charge < -0.3 is 15.5 Å². The third-order valence-corrected chi connectivity index (χ3v) is 4.27. The predicted molar refractivity (Wildman–Crippen MR) is 90.3 cm³/mol. The summed E-state index contributed by atoms with van der Waals surface area (Å²) in [6, 6.07) is 6.20. The van der Waals surface area contributed by atoms with E-state index < -0.39 is 5.79 Å². The molecule has 1 aromatic rings. The maximum Gasteiger partial charge on any atom is 0.210 e. The standard InChI is InChI=1S/C17H24FN5/c18-15-6-3-5-14(13-15)17(19)21-9-7-16(22-17)20-8-4-12-23-10-1-2-11-23/h3,5-7,9,13,20,22H,1-2,4,8,10-12,19H2. The SMILES string of the molecule is NC1(c2cccc(F)c2)N=CC=C(NCCCN2CCCC2)N1. The van der Waals surface area contributed by atoms with E-state index in [9.17, 15) is 4.39 Å². The van der Waals surface area contributed by atoms with Crippen molar-refractivity contribution < 1.29 is 4.39 Å². The largest absolute Gasteiger partial charge is 0.372 e. The van der Waals surface area contributed by atoms with Gasteiger partial charge in [0.2, 0.25) is 5.79 Å². The number of benzene rings is 1. The number of allylic oxidation sites excluding steroid dienone is 1. The molecular formula is C17H24FN5. The molecule has 0 saturated carbocycles. The summed E-state index contributed by atoms with van der Waals surface area (Å²) in [5, 5.41) is 6.49. The van der Waals surface area contributed by atoms with Crippen LogP contribution in [0.1, 0.15) is 24.8 Å². The highest BCUT2D eigenvalue weighted by molar-refractivity contribution is 5.73. The van der Waals surface area contributed by atoms with Crippen molar-refractivity contribution in [3.8, 4) is 0 Å². The van der Waals surface area contributed by atoms with E-state index in [4.69, 9.17) is 5.73 Å². The molecule has 1 atom stereocenters. The molecule has 124 valence electrons. The molecule has 2 aliphatic rings. The number of likely N-dealkylation sites (tertiary alicyclic amines) is 1. The van der Waals surface area contributed by atoms with Crippen LogP contribution in [0.4, 0.5) is 4.39 Å². The van der Waals surface area contributed by atoms with Crippen LogP contribution in [0.15, 0.2) is 41.2 Å². The first-order chi connectivity index (χ1) is 11.2. The normalized spacial score (nSPS) is 24.3. The van der Waals surface area contributed by atoms with Crippen molar-refractivity contribution in [3.63, 3.8) is 0 Å². The third-order valence-electron chi connectivity index (χ3n) is 4.27. The number of hydrogen-bond acceptors (Lipinski definition) is 5. The van der Waals surface area contributed by atoms with E-state index in [1.54, 1.807) is 18.3 Å². The highest BCUT2D eigenvalue weighted by Crippen LogP contribution is 2.20. The van der Waals surface area contributed by atoms with Crippen molar-refractivity contribution in [1.82, 2.24) is 15.5 Å². The quantitative estimate of drug-likeness (QED) is 0.696. The monoisotopic (exact) mass is 317 g/mol.